The van der Waals surface area contributed by atoms with E-state index in [0.29, 0.717) is 22.7 Å². The molecule has 4 heteroatoms. The lowest BCUT2D eigenvalue weighted by Gasteiger charge is -2.10. The molecule has 0 amide bonds. The molecule has 0 aliphatic carbocycles. The molecule has 2 aromatic rings. The van der Waals surface area contributed by atoms with Crippen molar-refractivity contribution in [1.82, 2.24) is 0 Å². The van der Waals surface area contributed by atoms with Crippen molar-refractivity contribution in [2.75, 3.05) is 12.8 Å². The number of para-hydroxylation sites is 1. The van der Waals surface area contributed by atoms with Crippen LogP contribution in [0, 0.1) is 0 Å². The van der Waals surface area contributed by atoms with Crippen LogP contribution in [0.5, 0.6) is 11.5 Å². The smallest absolute Gasteiger partial charge is 0.341 e. The Labute approximate surface area is 105 Å². The zero-order valence-electron chi connectivity index (χ0n) is 9.92. The van der Waals surface area contributed by atoms with E-state index in [2.05, 4.69) is 0 Å². The number of esters is 1. The van der Waals surface area contributed by atoms with Crippen LogP contribution >= 0.6 is 0 Å². The van der Waals surface area contributed by atoms with Crippen LogP contribution in [-0.2, 0) is 4.74 Å². The molecule has 0 radical (unpaired) electrons. The predicted molar refractivity (Wildman–Crippen MR) is 68.7 cm³/mol. The van der Waals surface area contributed by atoms with Gasteiger partial charge in [0.25, 0.3) is 0 Å². The zero-order chi connectivity index (χ0) is 13.0. The molecule has 2 rings (SSSR count). The van der Waals surface area contributed by atoms with Crippen LogP contribution in [0.4, 0.5) is 5.69 Å². The van der Waals surface area contributed by atoms with E-state index in [4.69, 9.17) is 15.2 Å². The Hall–Kier alpha value is -2.49. The van der Waals surface area contributed by atoms with Gasteiger partial charge in [-0.15, -0.1) is 0 Å². The number of carbonyl (C=O) groups is 1. The molecule has 2 aromatic carbocycles. The lowest BCUT2D eigenvalue weighted by molar-refractivity contribution is 0.0598. The van der Waals surface area contributed by atoms with Crippen molar-refractivity contribution in [2.24, 2.45) is 0 Å². The highest BCUT2D eigenvalue weighted by Gasteiger charge is 2.14. The monoisotopic (exact) mass is 243 g/mol. The topological polar surface area (TPSA) is 61.5 Å². The quantitative estimate of drug-likeness (QED) is 0.665. The van der Waals surface area contributed by atoms with Crippen molar-refractivity contribution in [2.45, 2.75) is 0 Å². The van der Waals surface area contributed by atoms with Crippen LogP contribution in [0.15, 0.2) is 48.5 Å². The van der Waals surface area contributed by atoms with E-state index >= 15 is 0 Å². The summed E-state index contributed by atoms with van der Waals surface area (Å²) in [6, 6.07) is 14.0. The third-order valence-corrected chi connectivity index (χ3v) is 2.38. The predicted octanol–water partition coefficient (Wildman–Crippen LogP) is 2.85. The Morgan fingerprint density at radius 2 is 1.83 bits per heavy atom. The van der Waals surface area contributed by atoms with Crippen molar-refractivity contribution >= 4 is 11.7 Å². The second-order valence-electron chi connectivity index (χ2n) is 3.66. The summed E-state index contributed by atoms with van der Waals surface area (Å²) in [6.07, 6.45) is 0. The first-order chi connectivity index (χ1) is 8.70. The fraction of sp³-hybridized carbons (Fsp3) is 0.0714. The normalized spacial score (nSPS) is 9.83. The molecule has 0 heterocycles. The van der Waals surface area contributed by atoms with Gasteiger partial charge in [0, 0.05) is 5.69 Å². The summed E-state index contributed by atoms with van der Waals surface area (Å²) in [6.45, 7) is 0. The van der Waals surface area contributed by atoms with Crippen LogP contribution < -0.4 is 10.5 Å². The fourth-order valence-corrected chi connectivity index (χ4v) is 1.52. The number of anilines is 1. The maximum absolute atomic E-state index is 11.6. The van der Waals surface area contributed by atoms with E-state index in [1.54, 1.807) is 24.3 Å². The molecule has 0 unspecified atom stereocenters. The molecular weight excluding hydrogens is 230 g/mol. The molecule has 0 aliphatic rings. The standard InChI is InChI=1S/C14H13NO3/c1-17-14(16)12-9-10(15)7-8-13(12)18-11-5-3-2-4-6-11/h2-9H,15H2,1H3. The zero-order valence-corrected chi connectivity index (χ0v) is 9.92. The Bertz CT molecular complexity index is 552. The maximum atomic E-state index is 11.6. The van der Waals surface area contributed by atoms with E-state index in [9.17, 15) is 4.79 Å². The molecule has 0 fully saturated rings. The fourth-order valence-electron chi connectivity index (χ4n) is 1.52. The molecule has 0 bridgehead atoms. The molecule has 0 spiro atoms. The number of benzene rings is 2. The molecule has 0 saturated carbocycles. The summed E-state index contributed by atoms with van der Waals surface area (Å²) < 4.78 is 10.3. The van der Waals surface area contributed by atoms with Crippen molar-refractivity contribution in [1.29, 1.82) is 0 Å². The summed E-state index contributed by atoms with van der Waals surface area (Å²) in [4.78, 5) is 11.6. The Morgan fingerprint density at radius 3 is 2.50 bits per heavy atom. The van der Waals surface area contributed by atoms with Crippen LogP contribution in [0.1, 0.15) is 10.4 Å². The van der Waals surface area contributed by atoms with Crippen molar-refractivity contribution in [3.05, 3.63) is 54.1 Å². The summed E-state index contributed by atoms with van der Waals surface area (Å²) in [7, 11) is 1.32. The summed E-state index contributed by atoms with van der Waals surface area (Å²) >= 11 is 0. The molecule has 0 atom stereocenters. The number of hydrogen-bond acceptors (Lipinski definition) is 4. The van der Waals surface area contributed by atoms with E-state index in [-0.39, 0.29) is 0 Å². The number of nitrogens with two attached hydrogens (primary N) is 1. The van der Waals surface area contributed by atoms with Gasteiger partial charge in [0.15, 0.2) is 0 Å². The average Bonchev–Trinajstić information content (AvgIpc) is 2.41. The Balaban J connectivity index is 2.35. The van der Waals surface area contributed by atoms with Gasteiger partial charge in [-0.05, 0) is 30.3 Å². The van der Waals surface area contributed by atoms with Crippen LogP contribution in [0.3, 0.4) is 0 Å². The minimum atomic E-state index is -0.478. The van der Waals surface area contributed by atoms with Gasteiger partial charge in [-0.25, -0.2) is 4.79 Å². The minimum absolute atomic E-state index is 0.307. The highest BCUT2D eigenvalue weighted by atomic mass is 16.5. The number of carbonyl (C=O) groups excluding carboxylic acids is 1. The highest BCUT2D eigenvalue weighted by molar-refractivity contribution is 5.93. The lowest BCUT2D eigenvalue weighted by Crippen LogP contribution is -2.04. The van der Waals surface area contributed by atoms with Gasteiger partial charge in [0.05, 0.1) is 7.11 Å². The summed E-state index contributed by atoms with van der Waals surface area (Å²) in [5, 5.41) is 0. The van der Waals surface area contributed by atoms with Crippen molar-refractivity contribution in [3.8, 4) is 11.5 Å². The molecular formula is C14H13NO3. The average molecular weight is 243 g/mol. The largest absolute Gasteiger partial charge is 0.465 e. The minimum Gasteiger partial charge on any atom is -0.465 e. The molecule has 4 nitrogen and oxygen atoms in total. The first-order valence-corrected chi connectivity index (χ1v) is 5.41. The van der Waals surface area contributed by atoms with Gasteiger partial charge in [-0.3, -0.25) is 0 Å². The molecule has 2 N–H and O–H groups in total. The Kier molecular flexibility index (Phi) is 3.48. The van der Waals surface area contributed by atoms with E-state index in [1.807, 2.05) is 18.2 Å². The van der Waals surface area contributed by atoms with Crippen molar-refractivity contribution < 1.29 is 14.3 Å². The first kappa shape index (κ1) is 12.0. The molecule has 92 valence electrons. The lowest BCUT2D eigenvalue weighted by atomic mass is 10.2. The summed E-state index contributed by atoms with van der Waals surface area (Å²) in [5.41, 5.74) is 6.44. The van der Waals surface area contributed by atoms with Crippen LogP contribution in [-0.4, -0.2) is 13.1 Å². The van der Waals surface area contributed by atoms with Gasteiger partial charge in [-0.2, -0.15) is 0 Å². The summed E-state index contributed by atoms with van der Waals surface area (Å²) in [5.74, 6) is 0.586. The highest BCUT2D eigenvalue weighted by Crippen LogP contribution is 2.27. The number of nitrogen functional groups attached to an aromatic ring is 1. The molecule has 0 aliphatic heterocycles. The number of rotatable bonds is 3. The van der Waals surface area contributed by atoms with Gasteiger partial charge in [-0.1, -0.05) is 18.2 Å². The first-order valence-electron chi connectivity index (χ1n) is 5.41. The van der Waals surface area contributed by atoms with Crippen LogP contribution in [0.2, 0.25) is 0 Å². The molecule has 0 saturated heterocycles. The second kappa shape index (κ2) is 5.23. The van der Waals surface area contributed by atoms with Gasteiger partial charge >= 0.3 is 5.97 Å². The van der Waals surface area contributed by atoms with Crippen LogP contribution in [0.25, 0.3) is 0 Å². The van der Waals surface area contributed by atoms with Gasteiger partial charge < -0.3 is 15.2 Å². The second-order valence-corrected chi connectivity index (χ2v) is 3.66. The SMILES string of the molecule is COC(=O)c1cc(N)ccc1Oc1ccccc1. The number of methoxy groups -OCH3 is 1. The number of ether oxygens (including phenoxy) is 2. The van der Waals surface area contributed by atoms with Gasteiger partial charge in [0.2, 0.25) is 0 Å². The van der Waals surface area contributed by atoms with Crippen molar-refractivity contribution in [3.63, 3.8) is 0 Å². The molecule has 0 aromatic heterocycles. The van der Waals surface area contributed by atoms with E-state index in [0.717, 1.165) is 0 Å². The maximum Gasteiger partial charge on any atom is 0.341 e. The third kappa shape index (κ3) is 2.60. The van der Waals surface area contributed by atoms with Gasteiger partial charge in [0.1, 0.15) is 17.1 Å². The third-order valence-electron chi connectivity index (χ3n) is 2.38. The van der Waals surface area contributed by atoms with E-state index in [1.165, 1.54) is 13.2 Å². The Morgan fingerprint density at radius 1 is 1.11 bits per heavy atom. The number of hydrogen-bond donors (Lipinski definition) is 1. The molecule has 18 heavy (non-hydrogen) atoms. The van der Waals surface area contributed by atoms with E-state index < -0.39 is 5.97 Å².